The molecule has 0 aromatic heterocycles. The molecule has 0 saturated carbocycles. The molecule has 20 heavy (non-hydrogen) atoms. The minimum atomic E-state index is 0.166. The molecule has 2 aliphatic heterocycles. The molecule has 5 heteroatoms. The number of hydrogen-bond acceptors (Lipinski definition) is 4. The van der Waals surface area contributed by atoms with Gasteiger partial charge >= 0.3 is 0 Å². The Morgan fingerprint density at radius 1 is 1.05 bits per heavy atom. The van der Waals surface area contributed by atoms with Gasteiger partial charge in [-0.15, -0.1) is 0 Å². The summed E-state index contributed by atoms with van der Waals surface area (Å²) < 4.78 is 0. The number of thiol groups is 1. The van der Waals surface area contributed by atoms with E-state index in [9.17, 15) is 4.79 Å². The van der Waals surface area contributed by atoms with Crippen LogP contribution in [0, 0.1) is 0 Å². The van der Waals surface area contributed by atoms with Crippen molar-refractivity contribution in [2.24, 2.45) is 0 Å². The normalized spacial score (nSPS) is 24.5. The van der Waals surface area contributed by atoms with Crippen LogP contribution in [-0.4, -0.2) is 55.8 Å². The second-order valence-corrected chi connectivity index (χ2v) is 6.40. The average molecular weight is 291 g/mol. The summed E-state index contributed by atoms with van der Waals surface area (Å²) in [6.45, 7) is 5.06. The third-order valence-corrected chi connectivity index (χ3v) is 4.48. The van der Waals surface area contributed by atoms with Gasteiger partial charge in [0.05, 0.1) is 0 Å². The SMILES string of the molecule is CN1CCN(c2ccc(N3CC(S)CC3=O)cc2)CC1. The summed E-state index contributed by atoms with van der Waals surface area (Å²) in [7, 11) is 2.16. The highest BCUT2D eigenvalue weighted by Crippen LogP contribution is 2.26. The summed E-state index contributed by atoms with van der Waals surface area (Å²) in [5.41, 5.74) is 2.24. The van der Waals surface area contributed by atoms with Crippen molar-refractivity contribution < 1.29 is 4.79 Å². The predicted molar refractivity (Wildman–Crippen MR) is 85.9 cm³/mol. The van der Waals surface area contributed by atoms with Crippen LogP contribution >= 0.6 is 12.6 Å². The van der Waals surface area contributed by atoms with Crippen LogP contribution < -0.4 is 9.80 Å². The largest absolute Gasteiger partial charge is 0.369 e. The van der Waals surface area contributed by atoms with E-state index in [1.165, 1.54) is 5.69 Å². The number of piperazine rings is 1. The molecule has 0 radical (unpaired) electrons. The van der Waals surface area contributed by atoms with Gasteiger partial charge in [-0.05, 0) is 31.3 Å². The fourth-order valence-electron chi connectivity index (χ4n) is 2.85. The van der Waals surface area contributed by atoms with Gasteiger partial charge in [0, 0.05) is 55.8 Å². The lowest BCUT2D eigenvalue weighted by Gasteiger charge is -2.34. The van der Waals surface area contributed by atoms with Gasteiger partial charge in [0.1, 0.15) is 0 Å². The number of amides is 1. The van der Waals surface area contributed by atoms with Gasteiger partial charge in [0.15, 0.2) is 0 Å². The van der Waals surface area contributed by atoms with Gasteiger partial charge < -0.3 is 14.7 Å². The van der Waals surface area contributed by atoms with Crippen LogP contribution in [0.2, 0.25) is 0 Å². The molecular formula is C15H21N3OS. The molecule has 0 spiro atoms. The van der Waals surface area contributed by atoms with Gasteiger partial charge in [-0.25, -0.2) is 0 Å². The molecule has 0 aliphatic carbocycles. The average Bonchev–Trinajstić information content (AvgIpc) is 2.79. The summed E-state index contributed by atoms with van der Waals surface area (Å²) in [5, 5.41) is 0.166. The van der Waals surface area contributed by atoms with Crippen LogP contribution in [0.3, 0.4) is 0 Å². The molecule has 4 nitrogen and oxygen atoms in total. The fraction of sp³-hybridized carbons (Fsp3) is 0.533. The van der Waals surface area contributed by atoms with Gasteiger partial charge in [-0.2, -0.15) is 12.6 Å². The van der Waals surface area contributed by atoms with E-state index in [0.29, 0.717) is 6.42 Å². The van der Waals surface area contributed by atoms with Crippen LogP contribution in [0.4, 0.5) is 11.4 Å². The maximum atomic E-state index is 11.9. The molecule has 1 aromatic carbocycles. The summed E-state index contributed by atoms with van der Waals surface area (Å²) in [6.07, 6.45) is 0.545. The van der Waals surface area contributed by atoms with Crippen molar-refractivity contribution in [3.05, 3.63) is 24.3 Å². The van der Waals surface area contributed by atoms with Crippen LogP contribution in [0.5, 0.6) is 0 Å². The van der Waals surface area contributed by atoms with Crippen LogP contribution in [0.1, 0.15) is 6.42 Å². The smallest absolute Gasteiger partial charge is 0.228 e. The Kier molecular flexibility index (Phi) is 3.89. The third-order valence-electron chi connectivity index (χ3n) is 4.13. The molecule has 0 N–H and O–H groups in total. The van der Waals surface area contributed by atoms with Crippen LogP contribution in [0.25, 0.3) is 0 Å². The van der Waals surface area contributed by atoms with E-state index in [1.54, 1.807) is 0 Å². The van der Waals surface area contributed by atoms with E-state index in [-0.39, 0.29) is 11.2 Å². The first-order valence-corrected chi connectivity index (χ1v) is 7.67. The Morgan fingerprint density at radius 3 is 2.20 bits per heavy atom. The molecule has 1 aromatic rings. The lowest BCUT2D eigenvalue weighted by molar-refractivity contribution is -0.117. The standard InChI is InChI=1S/C15H21N3OS/c1-16-6-8-17(9-7-16)12-2-4-13(5-3-12)18-11-14(20)10-15(18)19/h2-5,14,20H,6-11H2,1H3. The maximum absolute atomic E-state index is 11.9. The zero-order valence-electron chi connectivity index (χ0n) is 11.8. The van der Waals surface area contributed by atoms with Crippen molar-refractivity contribution >= 4 is 29.9 Å². The van der Waals surface area contributed by atoms with Crippen molar-refractivity contribution in [1.29, 1.82) is 0 Å². The Hall–Kier alpha value is -1.20. The molecule has 1 unspecified atom stereocenters. The Labute approximate surface area is 125 Å². The number of hydrogen-bond donors (Lipinski definition) is 1. The highest BCUT2D eigenvalue weighted by Gasteiger charge is 2.28. The molecule has 3 rings (SSSR count). The van der Waals surface area contributed by atoms with Gasteiger partial charge in [0.25, 0.3) is 0 Å². The van der Waals surface area contributed by atoms with Crippen LogP contribution in [-0.2, 0) is 4.79 Å². The number of anilines is 2. The number of carbonyl (C=O) groups is 1. The van der Waals surface area contributed by atoms with Crippen molar-refractivity contribution in [2.75, 3.05) is 49.6 Å². The summed E-state index contributed by atoms with van der Waals surface area (Å²) >= 11 is 4.40. The second-order valence-electron chi connectivity index (χ2n) is 5.67. The van der Waals surface area contributed by atoms with Gasteiger partial charge in [-0.3, -0.25) is 4.79 Å². The van der Waals surface area contributed by atoms with E-state index < -0.39 is 0 Å². The molecule has 1 atom stereocenters. The lowest BCUT2D eigenvalue weighted by Crippen LogP contribution is -2.44. The molecule has 0 bridgehead atoms. The highest BCUT2D eigenvalue weighted by atomic mass is 32.1. The Bertz CT molecular complexity index is 482. The minimum absolute atomic E-state index is 0.166. The number of benzene rings is 1. The first kappa shape index (κ1) is 13.8. The monoisotopic (exact) mass is 291 g/mol. The second kappa shape index (κ2) is 5.66. The van der Waals surface area contributed by atoms with Crippen molar-refractivity contribution in [1.82, 2.24) is 4.90 Å². The minimum Gasteiger partial charge on any atom is -0.369 e. The van der Waals surface area contributed by atoms with Gasteiger partial charge in [0.2, 0.25) is 5.91 Å². The van der Waals surface area contributed by atoms with E-state index in [4.69, 9.17) is 0 Å². The number of carbonyl (C=O) groups excluding carboxylic acids is 1. The Balaban J connectivity index is 1.70. The molecule has 2 fully saturated rings. The maximum Gasteiger partial charge on any atom is 0.228 e. The van der Waals surface area contributed by atoms with Crippen molar-refractivity contribution in [2.45, 2.75) is 11.7 Å². The topological polar surface area (TPSA) is 26.8 Å². The molecular weight excluding hydrogens is 270 g/mol. The van der Waals surface area contributed by atoms with Gasteiger partial charge in [-0.1, -0.05) is 0 Å². The first-order chi connectivity index (χ1) is 9.63. The lowest BCUT2D eigenvalue weighted by atomic mass is 10.2. The summed E-state index contributed by atoms with van der Waals surface area (Å²) in [5.74, 6) is 0.178. The van der Waals surface area contributed by atoms with E-state index >= 15 is 0 Å². The third kappa shape index (κ3) is 2.79. The fourth-order valence-corrected chi connectivity index (χ4v) is 3.17. The van der Waals surface area contributed by atoms with Crippen LogP contribution in [0.15, 0.2) is 24.3 Å². The van der Waals surface area contributed by atoms with Crippen molar-refractivity contribution in [3.63, 3.8) is 0 Å². The summed E-state index contributed by atoms with van der Waals surface area (Å²) in [4.78, 5) is 18.5. The zero-order chi connectivity index (χ0) is 14.1. The highest BCUT2D eigenvalue weighted by molar-refractivity contribution is 7.81. The van der Waals surface area contributed by atoms with E-state index in [0.717, 1.165) is 38.4 Å². The number of likely N-dealkylation sites (N-methyl/N-ethyl adjacent to an activating group) is 1. The Morgan fingerprint density at radius 2 is 1.65 bits per heavy atom. The first-order valence-electron chi connectivity index (χ1n) is 7.15. The summed E-state index contributed by atoms with van der Waals surface area (Å²) in [6, 6.07) is 8.36. The molecule has 108 valence electrons. The van der Waals surface area contributed by atoms with Crippen molar-refractivity contribution in [3.8, 4) is 0 Å². The van der Waals surface area contributed by atoms with E-state index in [2.05, 4.69) is 53.7 Å². The molecule has 2 saturated heterocycles. The zero-order valence-corrected chi connectivity index (χ0v) is 12.7. The predicted octanol–water partition coefficient (Wildman–Crippen LogP) is 1.47. The quantitative estimate of drug-likeness (QED) is 0.836. The number of nitrogens with zero attached hydrogens (tertiary/aromatic N) is 3. The molecule has 1 amide bonds. The molecule has 2 aliphatic rings. The molecule has 2 heterocycles. The van der Waals surface area contributed by atoms with E-state index in [1.807, 2.05) is 4.90 Å². The number of rotatable bonds is 2.